The number of ether oxygens (including phenoxy) is 1. The minimum Gasteiger partial charge on any atom is -0.482 e. The van der Waals surface area contributed by atoms with Gasteiger partial charge in [-0.1, -0.05) is 28.1 Å². The van der Waals surface area contributed by atoms with E-state index >= 15 is 0 Å². The molecule has 0 spiro atoms. The van der Waals surface area contributed by atoms with E-state index in [4.69, 9.17) is 4.74 Å². The number of benzene rings is 2. The van der Waals surface area contributed by atoms with Gasteiger partial charge in [0.25, 0.3) is 5.91 Å². The van der Waals surface area contributed by atoms with Crippen molar-refractivity contribution >= 4 is 27.5 Å². The Morgan fingerprint density at radius 1 is 1.04 bits per heavy atom. The lowest BCUT2D eigenvalue weighted by molar-refractivity contribution is -0.121. The Kier molecular flexibility index (Phi) is 4.66. The average Bonchev–Trinajstić information content (AvgIpc) is 2.56. The predicted octanol–water partition coefficient (Wildman–Crippen LogP) is 2.36. The van der Waals surface area contributed by atoms with Crippen LogP contribution in [0.2, 0.25) is 0 Å². The molecule has 0 aromatic heterocycles. The first-order chi connectivity index (χ1) is 11.1. The monoisotopic (exact) mass is 377 g/mol. The summed E-state index contributed by atoms with van der Waals surface area (Å²) in [6, 6.07) is 10.9. The molecule has 5 nitrogen and oxygen atoms in total. The van der Waals surface area contributed by atoms with Crippen LogP contribution in [-0.4, -0.2) is 22.7 Å². The van der Waals surface area contributed by atoms with Crippen LogP contribution in [0, 0.1) is 0 Å². The van der Waals surface area contributed by atoms with E-state index in [9.17, 15) is 15.0 Å². The van der Waals surface area contributed by atoms with E-state index in [1.165, 1.54) is 0 Å². The fourth-order valence-electron chi connectivity index (χ4n) is 2.60. The van der Waals surface area contributed by atoms with Crippen molar-refractivity contribution in [2.75, 3.05) is 11.5 Å². The summed E-state index contributed by atoms with van der Waals surface area (Å²) in [7, 11) is 0. The van der Waals surface area contributed by atoms with E-state index < -0.39 is 0 Å². The fraction of sp³-hybridized carbons (Fsp3) is 0.235. The van der Waals surface area contributed by atoms with Crippen molar-refractivity contribution in [3.05, 3.63) is 57.6 Å². The van der Waals surface area contributed by atoms with Gasteiger partial charge in [0.15, 0.2) is 6.61 Å². The molecule has 120 valence electrons. The molecule has 2 aromatic carbocycles. The molecule has 0 bridgehead atoms. The fourth-order valence-corrected chi connectivity index (χ4v) is 3.19. The molecule has 2 N–H and O–H groups in total. The van der Waals surface area contributed by atoms with Crippen molar-refractivity contribution in [1.82, 2.24) is 0 Å². The van der Waals surface area contributed by atoms with Crippen molar-refractivity contribution in [3.8, 4) is 5.75 Å². The number of halogens is 1. The lowest BCUT2D eigenvalue weighted by Crippen LogP contribution is -2.38. The van der Waals surface area contributed by atoms with Crippen LogP contribution >= 0.6 is 15.9 Å². The van der Waals surface area contributed by atoms with Gasteiger partial charge in [-0.05, 0) is 41.0 Å². The maximum absolute atomic E-state index is 12.2. The molecule has 2 aromatic rings. The molecule has 0 radical (unpaired) electrons. The number of hydrogen-bond acceptors (Lipinski definition) is 4. The normalized spacial score (nSPS) is 13.7. The second-order valence-corrected chi connectivity index (χ2v) is 6.27. The highest BCUT2D eigenvalue weighted by Crippen LogP contribution is 2.34. The van der Waals surface area contributed by atoms with Gasteiger partial charge in [0.1, 0.15) is 5.75 Å². The molecule has 23 heavy (non-hydrogen) atoms. The molecule has 0 fully saturated rings. The highest BCUT2D eigenvalue weighted by atomic mass is 79.9. The maximum atomic E-state index is 12.2. The molecule has 0 saturated heterocycles. The summed E-state index contributed by atoms with van der Waals surface area (Å²) in [4.78, 5) is 13.9. The highest BCUT2D eigenvalue weighted by Gasteiger charge is 2.26. The second kappa shape index (κ2) is 6.70. The third kappa shape index (κ3) is 3.39. The molecular formula is C17H16BrNO4. The zero-order valence-electron chi connectivity index (χ0n) is 12.3. The van der Waals surface area contributed by atoms with E-state index in [0.29, 0.717) is 18.0 Å². The minimum atomic E-state index is -0.125. The number of amides is 1. The molecule has 1 aliphatic heterocycles. The van der Waals surface area contributed by atoms with E-state index in [-0.39, 0.29) is 25.7 Å². The van der Waals surface area contributed by atoms with Crippen molar-refractivity contribution in [2.45, 2.75) is 19.8 Å². The van der Waals surface area contributed by atoms with Crippen LogP contribution in [0.5, 0.6) is 5.75 Å². The Balaban J connectivity index is 1.94. The van der Waals surface area contributed by atoms with Crippen LogP contribution in [0.4, 0.5) is 5.69 Å². The molecule has 0 saturated carbocycles. The summed E-state index contributed by atoms with van der Waals surface area (Å²) < 4.78 is 6.32. The Bertz CT molecular complexity index is 747. The van der Waals surface area contributed by atoms with Gasteiger partial charge in [0.05, 0.1) is 25.4 Å². The number of nitrogens with zero attached hydrogens (tertiary/aromatic N) is 1. The third-order valence-electron chi connectivity index (χ3n) is 3.69. The first-order valence-corrected chi connectivity index (χ1v) is 7.96. The second-order valence-electron chi connectivity index (χ2n) is 5.35. The number of rotatable bonds is 4. The molecule has 0 atom stereocenters. The van der Waals surface area contributed by atoms with Crippen molar-refractivity contribution < 1.29 is 19.7 Å². The van der Waals surface area contributed by atoms with Crippen LogP contribution in [0.3, 0.4) is 0 Å². The van der Waals surface area contributed by atoms with Crippen LogP contribution in [-0.2, 0) is 24.6 Å². The minimum absolute atomic E-state index is 0.0251. The zero-order chi connectivity index (χ0) is 16.4. The van der Waals surface area contributed by atoms with Crippen LogP contribution < -0.4 is 9.64 Å². The first-order valence-electron chi connectivity index (χ1n) is 7.17. The Morgan fingerprint density at radius 2 is 1.78 bits per heavy atom. The predicted molar refractivity (Wildman–Crippen MR) is 89.1 cm³/mol. The van der Waals surface area contributed by atoms with Crippen LogP contribution in [0.25, 0.3) is 0 Å². The topological polar surface area (TPSA) is 70.0 Å². The number of carbonyl (C=O) groups excluding carboxylic acids is 1. The van der Waals surface area contributed by atoms with Crippen molar-refractivity contribution in [1.29, 1.82) is 0 Å². The standard InChI is InChI=1S/C17H16BrNO4/c18-14-4-12(3-13(5-14)9-21)7-19-15-2-1-11(8-20)6-16(15)23-10-17(19)22/h1-6,20-21H,7-10H2. The number of aliphatic hydroxyl groups excluding tert-OH is 2. The average molecular weight is 378 g/mol. The summed E-state index contributed by atoms with van der Waals surface area (Å²) in [5.41, 5.74) is 3.12. The number of aliphatic hydroxyl groups is 2. The summed E-state index contributed by atoms with van der Waals surface area (Å²) in [5.74, 6) is 0.466. The summed E-state index contributed by atoms with van der Waals surface area (Å²) >= 11 is 3.42. The van der Waals surface area contributed by atoms with Gasteiger partial charge in [-0.25, -0.2) is 0 Å². The van der Waals surface area contributed by atoms with Gasteiger partial charge < -0.3 is 19.8 Å². The van der Waals surface area contributed by atoms with Gasteiger partial charge in [0, 0.05) is 4.47 Å². The summed E-state index contributed by atoms with van der Waals surface area (Å²) in [6.45, 7) is 0.235. The molecule has 0 unspecified atom stereocenters. The molecule has 6 heteroatoms. The molecule has 3 rings (SSSR count). The largest absolute Gasteiger partial charge is 0.482 e. The SMILES string of the molecule is O=C1COc2cc(CO)ccc2N1Cc1cc(Br)cc(CO)c1. The smallest absolute Gasteiger partial charge is 0.265 e. The highest BCUT2D eigenvalue weighted by molar-refractivity contribution is 9.10. The van der Waals surface area contributed by atoms with Crippen molar-refractivity contribution in [2.24, 2.45) is 0 Å². The molecular weight excluding hydrogens is 362 g/mol. The van der Waals surface area contributed by atoms with Gasteiger partial charge >= 0.3 is 0 Å². The Labute approximate surface area is 142 Å². The quantitative estimate of drug-likeness (QED) is 0.857. The Hall–Kier alpha value is -1.89. The van der Waals surface area contributed by atoms with E-state index in [1.54, 1.807) is 23.1 Å². The third-order valence-corrected chi connectivity index (χ3v) is 4.15. The maximum Gasteiger partial charge on any atom is 0.265 e. The Morgan fingerprint density at radius 3 is 2.52 bits per heavy atom. The number of anilines is 1. The number of hydrogen-bond donors (Lipinski definition) is 2. The molecule has 0 aliphatic carbocycles. The molecule has 1 heterocycles. The van der Waals surface area contributed by atoms with Gasteiger partial charge in [0.2, 0.25) is 0 Å². The summed E-state index contributed by atoms with van der Waals surface area (Å²) in [5, 5.41) is 18.5. The van der Waals surface area contributed by atoms with Gasteiger partial charge in [-0.3, -0.25) is 4.79 Å². The van der Waals surface area contributed by atoms with E-state index in [0.717, 1.165) is 21.2 Å². The zero-order valence-corrected chi connectivity index (χ0v) is 13.9. The van der Waals surface area contributed by atoms with Crippen molar-refractivity contribution in [3.63, 3.8) is 0 Å². The first kappa shape index (κ1) is 16.0. The molecule has 1 aliphatic rings. The number of fused-ring (bicyclic) bond motifs is 1. The summed E-state index contributed by atoms with van der Waals surface area (Å²) in [6.07, 6.45) is 0. The van der Waals surface area contributed by atoms with Gasteiger partial charge in [-0.2, -0.15) is 0 Å². The lowest BCUT2D eigenvalue weighted by Gasteiger charge is -2.30. The molecule has 1 amide bonds. The van der Waals surface area contributed by atoms with E-state index in [1.807, 2.05) is 18.2 Å². The van der Waals surface area contributed by atoms with Crippen LogP contribution in [0.15, 0.2) is 40.9 Å². The number of carbonyl (C=O) groups is 1. The van der Waals surface area contributed by atoms with Gasteiger partial charge in [-0.15, -0.1) is 0 Å². The van der Waals surface area contributed by atoms with Crippen LogP contribution in [0.1, 0.15) is 16.7 Å². The van der Waals surface area contributed by atoms with E-state index in [2.05, 4.69) is 15.9 Å². The lowest BCUT2D eigenvalue weighted by atomic mass is 10.1.